The van der Waals surface area contributed by atoms with E-state index in [0.717, 1.165) is 23.2 Å². The number of hydrogen-bond acceptors (Lipinski definition) is 12. The molecule has 2 atom stereocenters. The summed E-state index contributed by atoms with van der Waals surface area (Å²) in [5.41, 5.74) is 5.67. The minimum Gasteiger partial charge on any atom is -0.481 e. The van der Waals surface area contributed by atoms with E-state index in [2.05, 4.69) is 20.3 Å². The first kappa shape index (κ1) is 26.6. The minimum absolute atomic E-state index is 0.165. The Morgan fingerprint density at radius 3 is 2.47 bits per heavy atom. The number of nitrogens with one attached hydrogen (secondary N) is 1. The highest BCUT2D eigenvalue weighted by Gasteiger charge is 2.54. The van der Waals surface area contributed by atoms with E-state index in [4.69, 9.17) is 20.4 Å². The number of carbonyl (C=O) groups is 5. The molecule has 1 saturated heterocycles. The second-order valence-corrected chi connectivity index (χ2v) is 8.61. The van der Waals surface area contributed by atoms with Crippen molar-refractivity contribution >= 4 is 63.7 Å². The van der Waals surface area contributed by atoms with E-state index in [1.165, 1.54) is 31.2 Å². The number of thioether (sulfide) groups is 1. The summed E-state index contributed by atoms with van der Waals surface area (Å²) >= 11 is 2.35. The predicted molar refractivity (Wildman–Crippen MR) is 120 cm³/mol. The number of carboxylic acid groups (broad SMARTS) is 2. The number of anilines is 1. The maximum Gasteiger partial charge on any atom is 0.352 e. The summed E-state index contributed by atoms with van der Waals surface area (Å²) in [5, 5.41) is 24.3. The fourth-order valence-electron chi connectivity index (χ4n) is 2.88. The Balaban J connectivity index is 0.000000945. The molecule has 5 N–H and O–H groups in total. The monoisotopic (exact) mass is 515 g/mol. The van der Waals surface area contributed by atoms with Crippen molar-refractivity contribution in [3.8, 4) is 0 Å². The Hall–Kier alpha value is -3.66. The number of nitrogens with zero attached hydrogens (tertiary/aromatic N) is 3. The third-order valence-electron chi connectivity index (χ3n) is 4.15. The van der Waals surface area contributed by atoms with Crippen molar-refractivity contribution in [3.63, 3.8) is 0 Å². The molecule has 0 saturated carbocycles. The number of ether oxygens (including phenoxy) is 1. The normalized spacial score (nSPS) is 19.2. The average molecular weight is 516 g/mol. The van der Waals surface area contributed by atoms with Crippen LogP contribution in [0.4, 0.5) is 5.13 Å². The number of nitrogen functional groups attached to an aromatic ring is 1. The fraction of sp³-hybridized carbons (Fsp3) is 0.389. The van der Waals surface area contributed by atoms with Gasteiger partial charge in [0.25, 0.3) is 17.8 Å². The third kappa shape index (κ3) is 6.22. The van der Waals surface area contributed by atoms with Gasteiger partial charge in [-0.2, -0.15) is 0 Å². The highest BCUT2D eigenvalue weighted by atomic mass is 32.2. The Morgan fingerprint density at radius 1 is 1.32 bits per heavy atom. The van der Waals surface area contributed by atoms with Crippen molar-refractivity contribution in [1.82, 2.24) is 15.2 Å². The quantitative estimate of drug-likeness (QED) is 0.156. The van der Waals surface area contributed by atoms with E-state index in [1.807, 2.05) is 0 Å². The van der Waals surface area contributed by atoms with E-state index in [9.17, 15) is 24.3 Å². The number of amides is 2. The molecular formula is C18H21N5O9S2. The minimum atomic E-state index is -1.32. The molecule has 0 spiro atoms. The van der Waals surface area contributed by atoms with Crippen molar-refractivity contribution in [2.45, 2.75) is 25.3 Å². The van der Waals surface area contributed by atoms with Gasteiger partial charge in [0, 0.05) is 30.6 Å². The molecule has 3 heterocycles. The predicted octanol–water partition coefficient (Wildman–Crippen LogP) is -0.532. The highest BCUT2D eigenvalue weighted by molar-refractivity contribution is 8.00. The fourth-order valence-corrected chi connectivity index (χ4v) is 4.76. The Morgan fingerprint density at radius 2 is 1.97 bits per heavy atom. The van der Waals surface area contributed by atoms with Crippen LogP contribution in [-0.4, -0.2) is 86.4 Å². The van der Waals surface area contributed by atoms with Gasteiger partial charge in [-0.25, -0.2) is 9.78 Å². The zero-order valence-corrected chi connectivity index (χ0v) is 19.8. The van der Waals surface area contributed by atoms with Gasteiger partial charge in [-0.3, -0.25) is 24.1 Å². The zero-order chi connectivity index (χ0) is 25.6. The van der Waals surface area contributed by atoms with Gasteiger partial charge in [-0.05, 0) is 0 Å². The van der Waals surface area contributed by atoms with E-state index < -0.39 is 41.1 Å². The zero-order valence-electron chi connectivity index (χ0n) is 18.1. The van der Waals surface area contributed by atoms with Gasteiger partial charge >= 0.3 is 11.9 Å². The largest absolute Gasteiger partial charge is 0.481 e. The topological polar surface area (TPSA) is 211 Å². The van der Waals surface area contributed by atoms with Crippen molar-refractivity contribution < 1.29 is 43.8 Å². The van der Waals surface area contributed by atoms with Gasteiger partial charge in [0.15, 0.2) is 10.8 Å². The highest BCUT2D eigenvalue weighted by Crippen LogP contribution is 2.40. The SMILES string of the molecule is CC(=O)O.CO/N=C(/C(=O)N[C@@H]1C(=O)N2C(C(=O)O)=C(COC(C)=O)CS[C@H]12)c1csc(N)n1. The number of aromatic nitrogens is 1. The standard InChI is InChI=1S/C16H17N5O7S2.C2H4O2/c1-6(22)28-3-7-4-29-14-10(13(24)21(14)11(7)15(25)26)19-12(23)9(20-27-2)8-5-30-16(17)18-8;1-2(3)4/h5,10,14H,3-4H2,1-2H3,(H2,17,18)(H,19,23)(H,25,26);1H3,(H,3,4)/b20-9+;/t10-,14-;/m1./s1. The molecule has 2 amide bonds. The lowest BCUT2D eigenvalue weighted by atomic mass is 10.0. The first-order valence-corrected chi connectivity index (χ1v) is 11.3. The number of fused-ring (bicyclic) bond motifs is 1. The van der Waals surface area contributed by atoms with Crippen LogP contribution in [0.3, 0.4) is 0 Å². The number of carboxylic acids is 2. The van der Waals surface area contributed by atoms with Crippen LogP contribution in [0.5, 0.6) is 0 Å². The Bertz CT molecular complexity index is 1060. The van der Waals surface area contributed by atoms with Gasteiger partial charge < -0.3 is 30.8 Å². The van der Waals surface area contributed by atoms with Crippen LogP contribution in [0.25, 0.3) is 0 Å². The molecule has 0 aliphatic carbocycles. The van der Waals surface area contributed by atoms with Gasteiger partial charge in [0.2, 0.25) is 0 Å². The summed E-state index contributed by atoms with van der Waals surface area (Å²) in [6.07, 6.45) is 0. The average Bonchev–Trinajstić information content (AvgIpc) is 3.18. The molecule has 1 aromatic rings. The van der Waals surface area contributed by atoms with Crippen molar-refractivity contribution in [1.29, 1.82) is 0 Å². The summed E-state index contributed by atoms with van der Waals surface area (Å²) in [7, 11) is 1.25. The molecule has 2 aliphatic heterocycles. The van der Waals surface area contributed by atoms with Crippen LogP contribution in [0.2, 0.25) is 0 Å². The van der Waals surface area contributed by atoms with Crippen molar-refractivity contribution in [2.24, 2.45) is 5.16 Å². The van der Waals surface area contributed by atoms with Crippen LogP contribution < -0.4 is 11.1 Å². The molecule has 1 aromatic heterocycles. The van der Waals surface area contributed by atoms with Gasteiger partial charge in [0.05, 0.1) is 0 Å². The van der Waals surface area contributed by atoms with E-state index in [-0.39, 0.29) is 34.6 Å². The molecule has 0 unspecified atom stereocenters. The molecule has 1 fully saturated rings. The van der Waals surface area contributed by atoms with Crippen LogP contribution in [-0.2, 0) is 33.5 Å². The number of aliphatic carboxylic acids is 2. The number of thiazole rings is 1. The third-order valence-corrected chi connectivity index (χ3v) is 6.16. The number of esters is 1. The molecule has 2 aliphatic rings. The number of β-lactam (4-membered cyclic amide) rings is 1. The maximum absolute atomic E-state index is 12.7. The van der Waals surface area contributed by atoms with Crippen LogP contribution in [0.15, 0.2) is 21.8 Å². The molecular weight excluding hydrogens is 494 g/mol. The second-order valence-electron chi connectivity index (χ2n) is 6.61. The van der Waals surface area contributed by atoms with Crippen LogP contribution >= 0.6 is 23.1 Å². The smallest absolute Gasteiger partial charge is 0.352 e. The lowest BCUT2D eigenvalue weighted by Crippen LogP contribution is -2.71. The van der Waals surface area contributed by atoms with Gasteiger partial charge in [0.1, 0.15) is 36.5 Å². The second kappa shape index (κ2) is 11.5. The van der Waals surface area contributed by atoms with Crippen LogP contribution in [0, 0.1) is 0 Å². The van der Waals surface area contributed by atoms with E-state index >= 15 is 0 Å². The number of carbonyl (C=O) groups excluding carboxylic acids is 3. The molecule has 0 radical (unpaired) electrons. The summed E-state index contributed by atoms with van der Waals surface area (Å²) in [6.45, 7) is 2.06. The molecule has 0 bridgehead atoms. The number of oxime groups is 1. The number of hydrogen-bond donors (Lipinski definition) is 4. The molecule has 184 valence electrons. The van der Waals surface area contributed by atoms with Crippen molar-refractivity contribution in [3.05, 3.63) is 22.3 Å². The summed E-state index contributed by atoms with van der Waals surface area (Å²) in [4.78, 5) is 66.8. The summed E-state index contributed by atoms with van der Waals surface area (Å²) in [6, 6.07) is -0.967. The molecule has 34 heavy (non-hydrogen) atoms. The number of nitrogens with two attached hydrogens (primary N) is 1. The van der Waals surface area contributed by atoms with Gasteiger partial charge in [-0.1, -0.05) is 5.16 Å². The molecule has 0 aromatic carbocycles. The van der Waals surface area contributed by atoms with Crippen LogP contribution in [0.1, 0.15) is 19.5 Å². The first-order valence-electron chi connectivity index (χ1n) is 9.34. The Kier molecular flexibility index (Phi) is 8.97. The Labute approximate surface area is 200 Å². The van der Waals surface area contributed by atoms with Crippen molar-refractivity contribution in [2.75, 3.05) is 25.2 Å². The molecule has 3 rings (SSSR count). The summed E-state index contributed by atoms with van der Waals surface area (Å²) in [5.74, 6) is -3.82. The van der Waals surface area contributed by atoms with Gasteiger partial charge in [-0.15, -0.1) is 23.1 Å². The lowest BCUT2D eigenvalue weighted by Gasteiger charge is -2.49. The van der Waals surface area contributed by atoms with E-state index in [1.54, 1.807) is 0 Å². The maximum atomic E-state index is 12.7. The lowest BCUT2D eigenvalue weighted by molar-refractivity contribution is -0.150. The van der Waals surface area contributed by atoms with E-state index in [0.29, 0.717) is 5.57 Å². The number of rotatable bonds is 7. The first-order chi connectivity index (χ1) is 16.0. The molecule has 16 heteroatoms. The summed E-state index contributed by atoms with van der Waals surface area (Å²) < 4.78 is 4.88. The molecule has 14 nitrogen and oxygen atoms in total.